The minimum absolute atomic E-state index is 0.0735. The summed E-state index contributed by atoms with van der Waals surface area (Å²) in [5, 5.41) is 9.15. The Morgan fingerprint density at radius 1 is 1.15 bits per heavy atom. The Morgan fingerprint density at radius 3 is 2.65 bits per heavy atom. The molecule has 0 spiro atoms. The summed E-state index contributed by atoms with van der Waals surface area (Å²) in [6.07, 6.45) is 1.81. The molecule has 3 rings (SSSR count). The van der Waals surface area contributed by atoms with E-state index in [-0.39, 0.29) is 11.9 Å². The van der Waals surface area contributed by atoms with Gasteiger partial charge in [0.2, 0.25) is 0 Å². The topological polar surface area (TPSA) is 54.0 Å². The van der Waals surface area contributed by atoms with E-state index in [1.807, 2.05) is 43.3 Å². The van der Waals surface area contributed by atoms with E-state index in [1.54, 1.807) is 11.4 Å². The third kappa shape index (κ3) is 5.07. The minimum atomic E-state index is -0.158. The summed E-state index contributed by atoms with van der Waals surface area (Å²) in [5.74, 6) is -0.158. The first kappa shape index (κ1) is 18.4. The van der Waals surface area contributed by atoms with Crippen LogP contribution in [0.15, 0.2) is 60.0 Å². The first-order chi connectivity index (χ1) is 12.6. The summed E-state index contributed by atoms with van der Waals surface area (Å²) in [4.78, 5) is 16.7. The van der Waals surface area contributed by atoms with Crippen molar-refractivity contribution >= 4 is 39.7 Å². The Morgan fingerprint density at radius 2 is 1.88 bits per heavy atom. The molecule has 0 aliphatic carbocycles. The molecule has 0 saturated heterocycles. The Balaban J connectivity index is 1.53. The fourth-order valence-electron chi connectivity index (χ4n) is 2.51. The number of aromatic nitrogens is 1. The Bertz CT molecular complexity index is 866. The van der Waals surface area contributed by atoms with Gasteiger partial charge in [-0.15, -0.1) is 11.3 Å². The lowest BCUT2D eigenvalue weighted by Gasteiger charge is -2.12. The number of carbonyl (C=O) groups excluding carboxylic acids is 1. The number of hydrogen-bond donors (Lipinski definition) is 2. The van der Waals surface area contributed by atoms with Gasteiger partial charge in [0.1, 0.15) is 5.69 Å². The van der Waals surface area contributed by atoms with E-state index < -0.39 is 0 Å². The molecule has 4 nitrogen and oxygen atoms in total. The van der Waals surface area contributed by atoms with Gasteiger partial charge in [-0.3, -0.25) is 4.79 Å². The molecule has 1 aromatic heterocycles. The van der Waals surface area contributed by atoms with Crippen molar-refractivity contribution in [3.8, 4) is 0 Å². The zero-order valence-corrected chi connectivity index (χ0v) is 16.0. The molecule has 26 heavy (non-hydrogen) atoms. The average molecular weight is 386 g/mol. The highest BCUT2D eigenvalue weighted by Crippen LogP contribution is 2.26. The standard InChI is InChI=1S/C20H20ClN3OS/c1-14(11-12-15-7-3-2-4-8-15)22-19(25)18-13-26-20(24-18)23-17-10-6-5-9-16(17)21/h2-10,13-14H,11-12H2,1H3,(H,22,25)(H,23,24)/t14-/m0/s1. The zero-order chi connectivity index (χ0) is 18.4. The van der Waals surface area contributed by atoms with Gasteiger partial charge in [-0.25, -0.2) is 4.98 Å². The molecule has 3 aromatic rings. The second-order valence-corrected chi connectivity index (χ2v) is 7.31. The maximum atomic E-state index is 12.4. The van der Waals surface area contributed by atoms with Gasteiger partial charge in [0, 0.05) is 11.4 Å². The van der Waals surface area contributed by atoms with Crippen molar-refractivity contribution in [2.24, 2.45) is 0 Å². The van der Waals surface area contributed by atoms with Gasteiger partial charge in [0.15, 0.2) is 5.13 Å². The predicted octanol–water partition coefficient (Wildman–Crippen LogP) is 5.29. The molecule has 0 aliphatic rings. The number of hydrogen-bond acceptors (Lipinski definition) is 4. The number of carbonyl (C=O) groups is 1. The normalized spacial score (nSPS) is 11.8. The molecule has 2 aromatic carbocycles. The maximum Gasteiger partial charge on any atom is 0.271 e. The number of benzene rings is 2. The number of nitrogens with one attached hydrogen (secondary N) is 2. The van der Waals surface area contributed by atoms with Gasteiger partial charge in [0.25, 0.3) is 5.91 Å². The number of aryl methyl sites for hydroxylation is 1. The largest absolute Gasteiger partial charge is 0.348 e. The van der Waals surface area contributed by atoms with Gasteiger partial charge in [0.05, 0.1) is 10.7 Å². The number of amides is 1. The van der Waals surface area contributed by atoms with E-state index >= 15 is 0 Å². The van der Waals surface area contributed by atoms with Crippen LogP contribution in [0, 0.1) is 0 Å². The Hall–Kier alpha value is -2.37. The number of rotatable bonds is 7. The molecule has 0 saturated carbocycles. The molecule has 0 fully saturated rings. The summed E-state index contributed by atoms with van der Waals surface area (Å²) in [6, 6.07) is 17.8. The predicted molar refractivity (Wildman–Crippen MR) is 109 cm³/mol. The van der Waals surface area contributed by atoms with Crippen molar-refractivity contribution in [1.82, 2.24) is 10.3 Å². The van der Waals surface area contributed by atoms with Gasteiger partial charge in [-0.2, -0.15) is 0 Å². The van der Waals surface area contributed by atoms with Crippen molar-refractivity contribution in [3.05, 3.63) is 76.3 Å². The van der Waals surface area contributed by atoms with Crippen LogP contribution >= 0.6 is 22.9 Å². The van der Waals surface area contributed by atoms with Crippen LogP contribution in [0.3, 0.4) is 0 Å². The summed E-state index contributed by atoms with van der Waals surface area (Å²) in [6.45, 7) is 2.01. The van der Waals surface area contributed by atoms with Crippen LogP contribution in [0.2, 0.25) is 5.02 Å². The third-order valence-electron chi connectivity index (χ3n) is 3.94. The van der Waals surface area contributed by atoms with Crippen LogP contribution in [-0.2, 0) is 6.42 Å². The minimum Gasteiger partial charge on any atom is -0.348 e. The number of anilines is 2. The van der Waals surface area contributed by atoms with Gasteiger partial charge in [-0.1, -0.05) is 54.1 Å². The summed E-state index contributed by atoms with van der Waals surface area (Å²) >= 11 is 7.51. The highest BCUT2D eigenvalue weighted by Gasteiger charge is 2.14. The summed E-state index contributed by atoms with van der Waals surface area (Å²) in [7, 11) is 0. The first-order valence-corrected chi connectivity index (χ1v) is 9.69. The lowest BCUT2D eigenvalue weighted by atomic mass is 10.1. The Kier molecular flexibility index (Phi) is 6.26. The lowest BCUT2D eigenvalue weighted by Crippen LogP contribution is -2.33. The molecule has 0 bridgehead atoms. The van der Waals surface area contributed by atoms with Gasteiger partial charge < -0.3 is 10.6 Å². The number of thiazole rings is 1. The smallest absolute Gasteiger partial charge is 0.271 e. The highest BCUT2D eigenvalue weighted by molar-refractivity contribution is 7.14. The second-order valence-electron chi connectivity index (χ2n) is 6.04. The van der Waals surface area contributed by atoms with Crippen LogP contribution in [-0.4, -0.2) is 16.9 Å². The summed E-state index contributed by atoms with van der Waals surface area (Å²) < 4.78 is 0. The van der Waals surface area contributed by atoms with E-state index in [0.717, 1.165) is 18.5 Å². The quantitative estimate of drug-likeness (QED) is 0.580. The van der Waals surface area contributed by atoms with E-state index in [9.17, 15) is 4.79 Å². The molecule has 1 atom stereocenters. The van der Waals surface area contributed by atoms with E-state index in [2.05, 4.69) is 27.8 Å². The molecular weight excluding hydrogens is 366 g/mol. The number of nitrogens with zero attached hydrogens (tertiary/aromatic N) is 1. The molecule has 1 heterocycles. The Labute approximate surface area is 162 Å². The van der Waals surface area contributed by atoms with Crippen molar-refractivity contribution in [2.45, 2.75) is 25.8 Å². The van der Waals surface area contributed by atoms with Crippen LogP contribution in [0.5, 0.6) is 0 Å². The third-order valence-corrected chi connectivity index (χ3v) is 5.03. The molecule has 0 unspecified atom stereocenters. The number of halogens is 1. The van der Waals surface area contributed by atoms with Gasteiger partial charge >= 0.3 is 0 Å². The van der Waals surface area contributed by atoms with Crippen LogP contribution < -0.4 is 10.6 Å². The molecule has 134 valence electrons. The molecular formula is C20H20ClN3OS. The first-order valence-electron chi connectivity index (χ1n) is 8.43. The van der Waals surface area contributed by atoms with Crippen molar-refractivity contribution < 1.29 is 4.79 Å². The van der Waals surface area contributed by atoms with Crippen molar-refractivity contribution in [1.29, 1.82) is 0 Å². The van der Waals surface area contributed by atoms with E-state index in [4.69, 9.17) is 11.6 Å². The monoisotopic (exact) mass is 385 g/mol. The van der Waals surface area contributed by atoms with Gasteiger partial charge in [-0.05, 0) is 37.5 Å². The molecule has 2 N–H and O–H groups in total. The second kappa shape index (κ2) is 8.83. The molecule has 6 heteroatoms. The lowest BCUT2D eigenvalue weighted by molar-refractivity contribution is 0.0934. The highest BCUT2D eigenvalue weighted by atomic mass is 35.5. The summed E-state index contributed by atoms with van der Waals surface area (Å²) in [5.41, 5.74) is 2.45. The van der Waals surface area contributed by atoms with Crippen LogP contribution in [0.25, 0.3) is 0 Å². The zero-order valence-electron chi connectivity index (χ0n) is 14.4. The van der Waals surface area contributed by atoms with E-state index in [0.29, 0.717) is 15.8 Å². The molecule has 1 amide bonds. The van der Waals surface area contributed by atoms with Crippen molar-refractivity contribution in [3.63, 3.8) is 0 Å². The van der Waals surface area contributed by atoms with Crippen molar-refractivity contribution in [2.75, 3.05) is 5.32 Å². The number of para-hydroxylation sites is 1. The molecule has 0 aliphatic heterocycles. The molecule has 0 radical (unpaired) electrons. The van der Waals surface area contributed by atoms with E-state index in [1.165, 1.54) is 16.9 Å². The fraction of sp³-hybridized carbons (Fsp3) is 0.200. The average Bonchev–Trinajstić information content (AvgIpc) is 3.12. The SMILES string of the molecule is C[C@@H](CCc1ccccc1)NC(=O)c1csc(Nc2ccccc2Cl)n1. The maximum absolute atomic E-state index is 12.4. The van der Waals surface area contributed by atoms with Crippen LogP contribution in [0.1, 0.15) is 29.4 Å². The fourth-order valence-corrected chi connectivity index (χ4v) is 3.40. The van der Waals surface area contributed by atoms with Crippen LogP contribution in [0.4, 0.5) is 10.8 Å².